The molecule has 0 atom stereocenters. The van der Waals surface area contributed by atoms with Gasteiger partial charge in [0, 0.05) is 25.5 Å². The molecular weight excluding hydrogens is 320 g/mol. The first kappa shape index (κ1) is 18.1. The number of ether oxygens (including phenoxy) is 1. The van der Waals surface area contributed by atoms with Crippen LogP contribution in [0.2, 0.25) is 0 Å². The molecule has 0 fully saturated rings. The van der Waals surface area contributed by atoms with E-state index in [1.54, 1.807) is 38.4 Å². The summed E-state index contributed by atoms with van der Waals surface area (Å²) < 4.78 is 5.61. The summed E-state index contributed by atoms with van der Waals surface area (Å²) >= 11 is 0. The number of amides is 4. The Morgan fingerprint density at radius 2 is 1.80 bits per heavy atom. The molecule has 0 aliphatic carbocycles. The van der Waals surface area contributed by atoms with Crippen LogP contribution < -0.4 is 20.7 Å². The molecule has 0 unspecified atom stereocenters. The molecule has 0 bridgehead atoms. The van der Waals surface area contributed by atoms with Crippen LogP contribution >= 0.6 is 0 Å². The molecule has 2 aromatic carbocycles. The van der Waals surface area contributed by atoms with Gasteiger partial charge in [-0.1, -0.05) is 24.3 Å². The molecule has 7 heteroatoms. The van der Waals surface area contributed by atoms with Gasteiger partial charge in [0.2, 0.25) is 0 Å². The number of anilines is 2. The molecule has 0 heterocycles. The third kappa shape index (κ3) is 5.42. The molecule has 0 spiro atoms. The minimum Gasteiger partial charge on any atom is -0.492 e. The Morgan fingerprint density at radius 3 is 2.44 bits per heavy atom. The molecular formula is C18H22N4O3. The van der Waals surface area contributed by atoms with E-state index < -0.39 is 6.03 Å². The minimum atomic E-state index is -0.590. The zero-order valence-electron chi connectivity index (χ0n) is 14.3. The minimum absolute atomic E-state index is 0.254. The molecule has 0 radical (unpaired) electrons. The fourth-order valence-corrected chi connectivity index (χ4v) is 2.12. The SMILES string of the molecule is CN(C)C(=O)Nc1cccc(N(CCOc2ccccc2)C(N)=O)c1. The number of carbonyl (C=O) groups is 2. The second kappa shape index (κ2) is 8.58. The first-order valence-corrected chi connectivity index (χ1v) is 7.80. The lowest BCUT2D eigenvalue weighted by Gasteiger charge is -2.21. The number of hydrogen-bond acceptors (Lipinski definition) is 3. The first-order valence-electron chi connectivity index (χ1n) is 7.80. The summed E-state index contributed by atoms with van der Waals surface area (Å²) in [5.41, 5.74) is 6.64. The van der Waals surface area contributed by atoms with Gasteiger partial charge >= 0.3 is 12.1 Å². The van der Waals surface area contributed by atoms with Crippen molar-refractivity contribution in [2.24, 2.45) is 5.73 Å². The van der Waals surface area contributed by atoms with Crippen molar-refractivity contribution in [3.8, 4) is 5.75 Å². The lowest BCUT2D eigenvalue weighted by atomic mass is 10.2. The van der Waals surface area contributed by atoms with Gasteiger partial charge in [-0.05, 0) is 30.3 Å². The van der Waals surface area contributed by atoms with Crippen LogP contribution in [0.3, 0.4) is 0 Å². The Labute approximate surface area is 147 Å². The van der Waals surface area contributed by atoms with E-state index in [0.717, 1.165) is 5.75 Å². The van der Waals surface area contributed by atoms with Crippen molar-refractivity contribution < 1.29 is 14.3 Å². The van der Waals surface area contributed by atoms with Gasteiger partial charge in [0.25, 0.3) is 0 Å². The zero-order chi connectivity index (χ0) is 18.2. The van der Waals surface area contributed by atoms with Crippen LogP contribution in [0.4, 0.5) is 21.0 Å². The van der Waals surface area contributed by atoms with Crippen LogP contribution in [0, 0.1) is 0 Å². The molecule has 0 saturated heterocycles. The summed E-state index contributed by atoms with van der Waals surface area (Å²) in [6, 6.07) is 15.4. The Kier molecular flexibility index (Phi) is 6.22. The summed E-state index contributed by atoms with van der Waals surface area (Å²) in [7, 11) is 3.30. The third-order valence-electron chi connectivity index (χ3n) is 3.41. The number of nitrogens with zero attached hydrogens (tertiary/aromatic N) is 2. The molecule has 2 rings (SSSR count). The number of hydrogen-bond donors (Lipinski definition) is 2. The van der Waals surface area contributed by atoms with E-state index in [4.69, 9.17) is 10.5 Å². The largest absolute Gasteiger partial charge is 0.492 e. The Bertz CT molecular complexity index is 719. The first-order chi connectivity index (χ1) is 12.0. The molecule has 132 valence electrons. The van der Waals surface area contributed by atoms with E-state index in [-0.39, 0.29) is 12.6 Å². The molecule has 0 aliphatic heterocycles. The molecule has 0 saturated carbocycles. The second-order valence-electron chi connectivity index (χ2n) is 5.53. The predicted octanol–water partition coefficient (Wildman–Crippen LogP) is 2.74. The smallest absolute Gasteiger partial charge is 0.321 e. The maximum atomic E-state index is 11.8. The van der Waals surface area contributed by atoms with Crippen LogP contribution in [-0.4, -0.2) is 44.2 Å². The third-order valence-corrected chi connectivity index (χ3v) is 3.41. The second-order valence-corrected chi connectivity index (χ2v) is 5.53. The highest BCUT2D eigenvalue weighted by Crippen LogP contribution is 2.20. The Balaban J connectivity index is 2.04. The van der Waals surface area contributed by atoms with E-state index in [2.05, 4.69) is 5.32 Å². The fraction of sp³-hybridized carbons (Fsp3) is 0.222. The zero-order valence-corrected chi connectivity index (χ0v) is 14.3. The van der Waals surface area contributed by atoms with Crippen LogP contribution in [0.15, 0.2) is 54.6 Å². The number of urea groups is 2. The van der Waals surface area contributed by atoms with Gasteiger partial charge in [-0.2, -0.15) is 0 Å². The highest BCUT2D eigenvalue weighted by Gasteiger charge is 2.14. The molecule has 3 N–H and O–H groups in total. The van der Waals surface area contributed by atoms with Gasteiger partial charge in [0.05, 0.1) is 6.54 Å². The normalized spacial score (nSPS) is 10.0. The number of benzene rings is 2. The van der Waals surface area contributed by atoms with E-state index in [1.807, 2.05) is 30.3 Å². The molecule has 7 nitrogen and oxygen atoms in total. The van der Waals surface area contributed by atoms with E-state index >= 15 is 0 Å². The quantitative estimate of drug-likeness (QED) is 0.846. The number of nitrogens with two attached hydrogens (primary N) is 1. The molecule has 25 heavy (non-hydrogen) atoms. The average molecular weight is 342 g/mol. The monoisotopic (exact) mass is 342 g/mol. The van der Waals surface area contributed by atoms with Crippen molar-refractivity contribution in [2.75, 3.05) is 37.5 Å². The summed E-state index contributed by atoms with van der Waals surface area (Å²) in [4.78, 5) is 26.3. The lowest BCUT2D eigenvalue weighted by molar-refractivity contribution is 0.230. The summed E-state index contributed by atoms with van der Waals surface area (Å²) in [5, 5.41) is 2.73. The van der Waals surface area contributed by atoms with Crippen molar-refractivity contribution in [1.82, 2.24) is 4.90 Å². The fourth-order valence-electron chi connectivity index (χ4n) is 2.12. The summed E-state index contributed by atoms with van der Waals surface area (Å²) in [5.74, 6) is 0.721. The van der Waals surface area contributed by atoms with Gasteiger partial charge in [0.1, 0.15) is 12.4 Å². The van der Waals surface area contributed by atoms with Crippen molar-refractivity contribution >= 4 is 23.4 Å². The number of rotatable bonds is 6. The number of para-hydroxylation sites is 1. The number of nitrogens with one attached hydrogen (secondary N) is 1. The van der Waals surface area contributed by atoms with Gasteiger partial charge < -0.3 is 20.7 Å². The number of primary amides is 1. The van der Waals surface area contributed by atoms with Gasteiger partial charge in [-0.25, -0.2) is 9.59 Å². The summed E-state index contributed by atoms with van der Waals surface area (Å²) in [6.07, 6.45) is 0. The van der Waals surface area contributed by atoms with E-state index in [0.29, 0.717) is 18.0 Å². The van der Waals surface area contributed by atoms with Crippen LogP contribution in [0.5, 0.6) is 5.75 Å². The standard InChI is InChI=1S/C18H22N4O3/c1-21(2)18(24)20-14-7-6-8-15(13-14)22(17(19)23)11-12-25-16-9-4-3-5-10-16/h3-10,13H,11-12H2,1-2H3,(H2,19,23)(H,20,24). The van der Waals surface area contributed by atoms with Crippen molar-refractivity contribution in [3.05, 3.63) is 54.6 Å². The Hall–Kier alpha value is -3.22. The summed E-state index contributed by atoms with van der Waals surface area (Å²) in [6.45, 7) is 0.580. The molecule has 4 amide bonds. The number of carbonyl (C=O) groups excluding carboxylic acids is 2. The Morgan fingerprint density at radius 1 is 1.08 bits per heavy atom. The lowest BCUT2D eigenvalue weighted by Crippen LogP contribution is -2.38. The van der Waals surface area contributed by atoms with Crippen molar-refractivity contribution in [2.45, 2.75) is 0 Å². The van der Waals surface area contributed by atoms with Gasteiger partial charge in [-0.15, -0.1) is 0 Å². The highest BCUT2D eigenvalue weighted by atomic mass is 16.5. The van der Waals surface area contributed by atoms with Crippen molar-refractivity contribution in [1.29, 1.82) is 0 Å². The van der Waals surface area contributed by atoms with E-state index in [1.165, 1.54) is 9.80 Å². The highest BCUT2D eigenvalue weighted by molar-refractivity contribution is 5.93. The molecule has 2 aromatic rings. The topological polar surface area (TPSA) is 87.9 Å². The van der Waals surface area contributed by atoms with Crippen LogP contribution in [0.25, 0.3) is 0 Å². The van der Waals surface area contributed by atoms with Crippen molar-refractivity contribution in [3.63, 3.8) is 0 Å². The van der Waals surface area contributed by atoms with Gasteiger partial charge in [-0.3, -0.25) is 4.90 Å². The molecule has 0 aromatic heterocycles. The van der Waals surface area contributed by atoms with Gasteiger partial charge in [0.15, 0.2) is 0 Å². The maximum Gasteiger partial charge on any atom is 0.321 e. The predicted molar refractivity (Wildman–Crippen MR) is 98.0 cm³/mol. The van der Waals surface area contributed by atoms with Crippen LogP contribution in [0.1, 0.15) is 0 Å². The maximum absolute atomic E-state index is 11.8. The van der Waals surface area contributed by atoms with Crippen LogP contribution in [-0.2, 0) is 0 Å². The average Bonchev–Trinajstić information content (AvgIpc) is 2.59. The molecule has 0 aliphatic rings. The van der Waals surface area contributed by atoms with E-state index in [9.17, 15) is 9.59 Å².